The van der Waals surface area contributed by atoms with Crippen molar-refractivity contribution in [2.24, 2.45) is 0 Å². The van der Waals surface area contributed by atoms with Crippen LogP contribution in [0.4, 0.5) is 17.6 Å². The lowest BCUT2D eigenvalue weighted by molar-refractivity contribution is -0.139. The summed E-state index contributed by atoms with van der Waals surface area (Å²) in [5, 5.41) is 12.7. The fraction of sp³-hybridized carbons (Fsp3) is 0.500. The first-order valence-corrected chi connectivity index (χ1v) is 5.55. The van der Waals surface area contributed by atoms with E-state index in [1.165, 1.54) is 0 Å². The number of nitrogens with one attached hydrogen (secondary N) is 1. The van der Waals surface area contributed by atoms with Gasteiger partial charge < -0.3 is 10.4 Å². The number of likely N-dealkylation sites (N-methyl/N-ethyl adjacent to an activating group) is 1. The zero-order chi connectivity index (χ0) is 13.9. The molecular weight excluding hydrogens is 250 g/mol. The van der Waals surface area contributed by atoms with Gasteiger partial charge in [-0.3, -0.25) is 0 Å². The molecule has 0 saturated carbocycles. The van der Waals surface area contributed by atoms with E-state index in [0.717, 1.165) is 12.1 Å². The maximum Gasteiger partial charge on any atom is 0.416 e. The molecule has 0 amide bonds. The van der Waals surface area contributed by atoms with Crippen LogP contribution in [-0.2, 0) is 6.18 Å². The lowest BCUT2D eigenvalue weighted by Gasteiger charge is -2.23. The number of halogens is 4. The van der Waals surface area contributed by atoms with Crippen LogP contribution >= 0.6 is 0 Å². The number of aliphatic hydroxyl groups excluding tert-OH is 1. The lowest BCUT2D eigenvalue weighted by Crippen LogP contribution is -2.33. The largest absolute Gasteiger partial charge is 0.416 e. The SMILES string of the molecule is CCNC(C)C(O)c1ccc(F)cc1C(F)(F)F. The predicted octanol–water partition coefficient (Wildman–Crippen LogP) is 2.88. The molecule has 1 aromatic rings. The first-order chi connectivity index (χ1) is 8.27. The van der Waals surface area contributed by atoms with E-state index in [0.29, 0.717) is 12.6 Å². The van der Waals surface area contributed by atoms with Gasteiger partial charge in [0.2, 0.25) is 0 Å². The smallest absolute Gasteiger partial charge is 0.387 e. The summed E-state index contributed by atoms with van der Waals surface area (Å²) in [6.45, 7) is 3.86. The Morgan fingerprint density at radius 2 is 1.94 bits per heavy atom. The Bertz CT molecular complexity index is 406. The fourth-order valence-electron chi connectivity index (χ4n) is 1.73. The number of alkyl halides is 3. The third kappa shape index (κ3) is 3.43. The second-order valence-corrected chi connectivity index (χ2v) is 4.02. The van der Waals surface area contributed by atoms with Crippen molar-refractivity contribution in [3.8, 4) is 0 Å². The topological polar surface area (TPSA) is 32.3 Å². The number of hydrogen-bond acceptors (Lipinski definition) is 2. The van der Waals surface area contributed by atoms with E-state index in [-0.39, 0.29) is 5.56 Å². The molecule has 0 aliphatic rings. The standard InChI is InChI=1S/C12H15F4NO/c1-3-17-7(2)11(18)9-5-4-8(13)6-10(9)12(14,15)16/h4-7,11,17-18H,3H2,1-2H3. The summed E-state index contributed by atoms with van der Waals surface area (Å²) in [4.78, 5) is 0. The summed E-state index contributed by atoms with van der Waals surface area (Å²) < 4.78 is 51.1. The van der Waals surface area contributed by atoms with Gasteiger partial charge in [-0.05, 0) is 31.2 Å². The number of hydrogen-bond donors (Lipinski definition) is 2. The van der Waals surface area contributed by atoms with Crippen molar-refractivity contribution >= 4 is 0 Å². The average molecular weight is 265 g/mol. The molecule has 0 aromatic heterocycles. The van der Waals surface area contributed by atoms with Gasteiger partial charge >= 0.3 is 6.18 Å². The van der Waals surface area contributed by atoms with Crippen LogP contribution in [0.5, 0.6) is 0 Å². The van der Waals surface area contributed by atoms with Crippen LogP contribution in [0.3, 0.4) is 0 Å². The van der Waals surface area contributed by atoms with Crippen LogP contribution in [0.15, 0.2) is 18.2 Å². The van der Waals surface area contributed by atoms with Crippen molar-refractivity contribution in [3.63, 3.8) is 0 Å². The molecule has 0 radical (unpaired) electrons. The second-order valence-electron chi connectivity index (χ2n) is 4.02. The molecule has 0 heterocycles. The molecule has 102 valence electrons. The molecule has 1 rings (SSSR count). The van der Waals surface area contributed by atoms with Crippen LogP contribution in [0.25, 0.3) is 0 Å². The number of benzene rings is 1. The highest BCUT2D eigenvalue weighted by Crippen LogP contribution is 2.35. The molecule has 2 nitrogen and oxygen atoms in total. The molecule has 6 heteroatoms. The van der Waals surface area contributed by atoms with Crippen LogP contribution in [0, 0.1) is 5.82 Å². The Morgan fingerprint density at radius 3 is 2.44 bits per heavy atom. The van der Waals surface area contributed by atoms with Crippen LogP contribution < -0.4 is 5.32 Å². The number of rotatable bonds is 4. The van der Waals surface area contributed by atoms with Crippen molar-refractivity contribution in [2.75, 3.05) is 6.54 Å². The third-order valence-corrected chi connectivity index (χ3v) is 2.64. The second kappa shape index (κ2) is 5.67. The molecule has 0 fully saturated rings. The van der Waals surface area contributed by atoms with Gasteiger partial charge in [0.1, 0.15) is 5.82 Å². The summed E-state index contributed by atoms with van der Waals surface area (Å²) >= 11 is 0. The van der Waals surface area contributed by atoms with Crippen molar-refractivity contribution < 1.29 is 22.7 Å². The third-order valence-electron chi connectivity index (χ3n) is 2.64. The fourth-order valence-corrected chi connectivity index (χ4v) is 1.73. The van der Waals surface area contributed by atoms with Gasteiger partial charge in [-0.15, -0.1) is 0 Å². The van der Waals surface area contributed by atoms with Gasteiger partial charge in [0, 0.05) is 6.04 Å². The molecule has 0 saturated heterocycles. The summed E-state index contributed by atoms with van der Waals surface area (Å²) in [7, 11) is 0. The summed E-state index contributed by atoms with van der Waals surface area (Å²) in [6, 6.07) is 1.72. The predicted molar refractivity (Wildman–Crippen MR) is 59.5 cm³/mol. The zero-order valence-electron chi connectivity index (χ0n) is 10.1. The minimum absolute atomic E-state index is 0.322. The first kappa shape index (κ1) is 14.9. The number of aliphatic hydroxyl groups is 1. The van der Waals surface area contributed by atoms with Gasteiger partial charge in [-0.25, -0.2) is 4.39 Å². The molecular formula is C12H15F4NO. The van der Waals surface area contributed by atoms with Crippen molar-refractivity contribution in [1.82, 2.24) is 5.32 Å². The van der Waals surface area contributed by atoms with E-state index >= 15 is 0 Å². The monoisotopic (exact) mass is 265 g/mol. The molecule has 1 aromatic carbocycles. The Balaban J connectivity index is 3.15. The molecule has 0 aliphatic carbocycles. The molecule has 2 N–H and O–H groups in total. The van der Waals surface area contributed by atoms with Crippen molar-refractivity contribution in [3.05, 3.63) is 35.1 Å². The average Bonchev–Trinajstić information content (AvgIpc) is 2.27. The summed E-state index contributed by atoms with van der Waals surface area (Å²) in [6.07, 6.45) is -6.04. The molecule has 0 bridgehead atoms. The van der Waals surface area contributed by atoms with Gasteiger partial charge in [-0.2, -0.15) is 13.2 Å². The highest BCUT2D eigenvalue weighted by Gasteiger charge is 2.36. The van der Waals surface area contributed by atoms with E-state index in [9.17, 15) is 22.7 Å². The normalized spacial score (nSPS) is 15.5. The van der Waals surface area contributed by atoms with Gasteiger partial charge in [-0.1, -0.05) is 13.0 Å². The molecule has 2 unspecified atom stereocenters. The molecule has 2 atom stereocenters. The zero-order valence-corrected chi connectivity index (χ0v) is 10.1. The first-order valence-electron chi connectivity index (χ1n) is 5.55. The maximum atomic E-state index is 12.9. The van der Waals surface area contributed by atoms with Crippen LogP contribution in [0.2, 0.25) is 0 Å². The lowest BCUT2D eigenvalue weighted by atomic mass is 9.97. The minimum atomic E-state index is -4.69. The van der Waals surface area contributed by atoms with Crippen molar-refractivity contribution in [2.45, 2.75) is 32.2 Å². The summed E-state index contributed by atoms with van der Waals surface area (Å²) in [5.41, 5.74) is -1.46. The highest BCUT2D eigenvalue weighted by molar-refractivity contribution is 5.33. The Labute approximate surface area is 103 Å². The molecule has 0 spiro atoms. The summed E-state index contributed by atoms with van der Waals surface area (Å²) in [5.74, 6) is -0.977. The minimum Gasteiger partial charge on any atom is -0.387 e. The molecule has 0 aliphatic heterocycles. The Morgan fingerprint density at radius 1 is 1.33 bits per heavy atom. The van der Waals surface area contributed by atoms with Gasteiger partial charge in [0.25, 0.3) is 0 Å². The quantitative estimate of drug-likeness (QED) is 0.820. The van der Waals surface area contributed by atoms with Crippen LogP contribution in [-0.4, -0.2) is 17.7 Å². The van der Waals surface area contributed by atoms with Gasteiger partial charge in [0.05, 0.1) is 11.7 Å². The van der Waals surface area contributed by atoms with E-state index in [4.69, 9.17) is 0 Å². The van der Waals surface area contributed by atoms with E-state index in [1.54, 1.807) is 13.8 Å². The van der Waals surface area contributed by atoms with E-state index < -0.39 is 29.7 Å². The maximum absolute atomic E-state index is 12.9. The Kier molecular flexibility index (Phi) is 4.70. The van der Waals surface area contributed by atoms with Crippen LogP contribution in [0.1, 0.15) is 31.1 Å². The highest BCUT2D eigenvalue weighted by atomic mass is 19.4. The molecule has 18 heavy (non-hydrogen) atoms. The van der Waals surface area contributed by atoms with E-state index in [1.807, 2.05) is 0 Å². The van der Waals surface area contributed by atoms with Gasteiger partial charge in [0.15, 0.2) is 0 Å². The Hall–Kier alpha value is -1.14. The van der Waals surface area contributed by atoms with Crippen molar-refractivity contribution in [1.29, 1.82) is 0 Å². The van der Waals surface area contributed by atoms with E-state index in [2.05, 4.69) is 5.32 Å².